The Labute approximate surface area is 319 Å². The summed E-state index contributed by atoms with van der Waals surface area (Å²) in [6.07, 6.45) is -0.860. The second-order valence-electron chi connectivity index (χ2n) is 15.9. The number of alkyl halides is 20. The summed E-state index contributed by atoms with van der Waals surface area (Å²) in [4.78, 5) is 0. The van der Waals surface area contributed by atoms with Gasteiger partial charge in [-0.15, -0.1) is 0 Å². The van der Waals surface area contributed by atoms with Gasteiger partial charge in [-0.05, 0) is 70.2 Å². The van der Waals surface area contributed by atoms with E-state index in [0.29, 0.717) is 0 Å². The highest BCUT2D eigenvalue weighted by atomic mass is 19.4. The summed E-state index contributed by atoms with van der Waals surface area (Å²) in [6, 6.07) is -0.235. The fraction of sp³-hybridized carbons (Fsp3) is 0.667. The van der Waals surface area contributed by atoms with Gasteiger partial charge in [-0.25, -0.2) is 0 Å². The molecule has 0 aliphatic rings. The highest BCUT2D eigenvalue weighted by Gasteiger charge is 2.97. The molecule has 2 nitrogen and oxygen atoms in total. The van der Waals surface area contributed by atoms with Crippen LogP contribution in [-0.4, -0.2) is 47.4 Å². The van der Waals surface area contributed by atoms with E-state index in [9.17, 15) is 52.7 Å². The third kappa shape index (κ3) is 7.20. The fourth-order valence-corrected chi connectivity index (χ4v) is 5.92. The third-order valence-corrected chi connectivity index (χ3v) is 9.46. The third-order valence-electron chi connectivity index (χ3n) is 9.46. The van der Waals surface area contributed by atoms with Crippen molar-refractivity contribution in [3.63, 3.8) is 0 Å². The van der Waals surface area contributed by atoms with Crippen LogP contribution in [0.15, 0.2) is 24.3 Å². The van der Waals surface area contributed by atoms with Crippen LogP contribution in [0.2, 0.25) is 0 Å². The summed E-state index contributed by atoms with van der Waals surface area (Å²) in [5, 5.41) is 0. The molecule has 334 valence electrons. The first-order valence-corrected chi connectivity index (χ1v) is 17.0. The number of hydrogen-bond acceptors (Lipinski definition) is 2. The van der Waals surface area contributed by atoms with Crippen LogP contribution in [0.25, 0.3) is 0 Å². The number of aryl methyl sites for hydroxylation is 2. The van der Waals surface area contributed by atoms with Crippen molar-refractivity contribution in [1.29, 1.82) is 0 Å². The highest BCUT2D eigenvalue weighted by Crippen LogP contribution is 2.67. The molecule has 0 amide bonds. The molecule has 0 radical (unpaired) electrons. The van der Waals surface area contributed by atoms with Gasteiger partial charge in [0.05, 0.1) is 0 Å². The lowest BCUT2D eigenvalue weighted by molar-refractivity contribution is -0.470. The Balaban J connectivity index is 2.86. The number of anilines is 2. The first-order chi connectivity index (χ1) is 25.4. The van der Waals surface area contributed by atoms with Crippen molar-refractivity contribution in [3.8, 4) is 0 Å². The molecule has 58 heavy (non-hydrogen) atoms. The normalized spacial score (nSPS) is 15.3. The van der Waals surface area contributed by atoms with Crippen LogP contribution >= 0.6 is 0 Å². The highest BCUT2D eigenvalue weighted by molar-refractivity contribution is 5.60. The number of nitrogen functional groups attached to an aromatic ring is 2. The lowest BCUT2D eigenvalue weighted by Crippen LogP contribution is -2.76. The second-order valence-corrected chi connectivity index (χ2v) is 15.9. The molecule has 2 rings (SSSR count). The summed E-state index contributed by atoms with van der Waals surface area (Å²) in [5.41, 5.74) is 1.05. The van der Waals surface area contributed by atoms with E-state index in [1.807, 2.05) is 0 Å². The lowest BCUT2D eigenvalue weighted by Gasteiger charge is -2.45. The molecule has 0 fully saturated rings. The van der Waals surface area contributed by atoms with Crippen molar-refractivity contribution >= 4 is 11.4 Å². The standard InChI is InChI=1S/C36H40F20N2/c1-9-11-17-13-19(15-21(23(17)57)25(3,4)5)27(37,38)29(41,42)31(45,46)33(49,50)35(53,54)36(55,56)34(51,52)32(47,48)30(43,44)28(39,40)20-14-18(12-10-2)24(58)22(16-20)26(6,7)8/h13-16H,9-12,57-58H2,1-8H3. The maximum absolute atomic E-state index is 15.3. The topological polar surface area (TPSA) is 52.0 Å². The molecule has 22 heteroatoms. The van der Waals surface area contributed by atoms with E-state index >= 15 is 35.1 Å². The Morgan fingerprint density at radius 1 is 0.362 bits per heavy atom. The molecule has 0 aliphatic heterocycles. The van der Waals surface area contributed by atoms with Gasteiger partial charge in [-0.1, -0.05) is 68.2 Å². The Bertz CT molecular complexity index is 1690. The van der Waals surface area contributed by atoms with E-state index in [0.717, 1.165) is 0 Å². The summed E-state index contributed by atoms with van der Waals surface area (Å²) < 4.78 is 300. The zero-order valence-corrected chi connectivity index (χ0v) is 31.9. The minimum Gasteiger partial charge on any atom is -0.398 e. The molecule has 0 bridgehead atoms. The first-order valence-electron chi connectivity index (χ1n) is 17.0. The Morgan fingerprint density at radius 3 is 0.759 bits per heavy atom. The molecule has 0 saturated heterocycles. The van der Waals surface area contributed by atoms with Gasteiger partial charge >= 0.3 is 59.2 Å². The van der Waals surface area contributed by atoms with Gasteiger partial charge in [0.2, 0.25) is 0 Å². The van der Waals surface area contributed by atoms with Gasteiger partial charge in [0.15, 0.2) is 0 Å². The zero-order chi connectivity index (χ0) is 46.3. The van der Waals surface area contributed by atoms with E-state index in [4.69, 9.17) is 11.5 Å². The first kappa shape index (κ1) is 50.8. The minimum atomic E-state index is -9.14. The van der Waals surface area contributed by atoms with E-state index < -0.39 is 128 Å². The minimum absolute atomic E-state index is 0.0314. The average molecular weight is 881 g/mol. The van der Waals surface area contributed by atoms with Gasteiger partial charge < -0.3 is 11.5 Å². The van der Waals surface area contributed by atoms with Gasteiger partial charge in [0, 0.05) is 22.5 Å². The van der Waals surface area contributed by atoms with E-state index in [1.165, 1.54) is 55.4 Å². The van der Waals surface area contributed by atoms with Gasteiger partial charge in [0.25, 0.3) is 0 Å². The maximum atomic E-state index is 15.3. The predicted octanol–water partition coefficient (Wildman–Crippen LogP) is 13.3. The quantitative estimate of drug-likeness (QED) is 0.138. The molecule has 0 spiro atoms. The van der Waals surface area contributed by atoms with Crippen molar-refractivity contribution in [1.82, 2.24) is 0 Å². The molecule has 0 atom stereocenters. The molecule has 2 aromatic rings. The monoisotopic (exact) mass is 880 g/mol. The van der Waals surface area contributed by atoms with Crippen LogP contribution in [0, 0.1) is 0 Å². The smallest absolute Gasteiger partial charge is 0.385 e. The van der Waals surface area contributed by atoms with Gasteiger partial charge in [-0.3, -0.25) is 0 Å². The van der Waals surface area contributed by atoms with Crippen molar-refractivity contribution in [2.75, 3.05) is 11.5 Å². The van der Waals surface area contributed by atoms with Crippen molar-refractivity contribution < 1.29 is 87.8 Å². The molecular formula is C36H40F20N2. The van der Waals surface area contributed by atoms with Crippen molar-refractivity contribution in [3.05, 3.63) is 57.6 Å². The van der Waals surface area contributed by atoms with Crippen LogP contribution < -0.4 is 11.5 Å². The molecule has 0 unspecified atom stereocenters. The Hall–Kier alpha value is -3.36. The van der Waals surface area contributed by atoms with E-state index in [2.05, 4.69) is 0 Å². The largest absolute Gasteiger partial charge is 0.398 e. The molecule has 0 aromatic heterocycles. The molecule has 0 aliphatic carbocycles. The molecule has 2 aromatic carbocycles. The van der Waals surface area contributed by atoms with Gasteiger partial charge in [0.1, 0.15) is 0 Å². The van der Waals surface area contributed by atoms with Crippen LogP contribution in [0.5, 0.6) is 0 Å². The van der Waals surface area contributed by atoms with Crippen molar-refractivity contribution in [2.24, 2.45) is 0 Å². The fourth-order valence-electron chi connectivity index (χ4n) is 5.92. The second kappa shape index (κ2) is 14.7. The maximum Gasteiger partial charge on any atom is 0.385 e. The summed E-state index contributed by atoms with van der Waals surface area (Å²) in [7, 11) is 0. The van der Waals surface area contributed by atoms with Crippen LogP contribution in [0.3, 0.4) is 0 Å². The van der Waals surface area contributed by atoms with Crippen LogP contribution in [-0.2, 0) is 35.5 Å². The molecule has 0 saturated carbocycles. The number of benzene rings is 2. The summed E-state index contributed by atoms with van der Waals surface area (Å²) in [5.74, 6) is -83.3. The SMILES string of the molecule is CCCc1cc(C(F)(F)C(F)(F)C(F)(F)C(F)(F)C(F)(F)C(F)(F)C(F)(F)C(F)(F)C(F)(F)C(F)(F)c2cc(CCC)c(N)c(C(C)(C)C)c2)cc(C(C)(C)C)c1N. The number of hydrogen-bond donors (Lipinski definition) is 2. The van der Waals surface area contributed by atoms with Crippen LogP contribution in [0.4, 0.5) is 99.2 Å². The summed E-state index contributed by atoms with van der Waals surface area (Å²) >= 11 is 0. The Morgan fingerprint density at radius 2 is 0.569 bits per heavy atom. The zero-order valence-electron chi connectivity index (χ0n) is 31.9. The van der Waals surface area contributed by atoms with E-state index in [1.54, 1.807) is 0 Å². The lowest BCUT2D eigenvalue weighted by atomic mass is 9.79. The van der Waals surface area contributed by atoms with Crippen molar-refractivity contribution in [2.45, 2.75) is 151 Å². The van der Waals surface area contributed by atoms with Crippen LogP contribution in [0.1, 0.15) is 102 Å². The summed E-state index contributed by atoms with van der Waals surface area (Å²) in [6.45, 7) is 9.86. The molecule has 0 heterocycles. The number of rotatable bonds is 15. The number of nitrogens with two attached hydrogens (primary N) is 2. The molecular weight excluding hydrogens is 840 g/mol. The van der Waals surface area contributed by atoms with E-state index in [-0.39, 0.29) is 37.1 Å². The Kier molecular flexibility index (Phi) is 12.8. The number of halogens is 20. The van der Waals surface area contributed by atoms with Gasteiger partial charge in [-0.2, -0.15) is 87.8 Å². The predicted molar refractivity (Wildman–Crippen MR) is 174 cm³/mol. The average Bonchev–Trinajstić information content (AvgIpc) is 3.04. The molecule has 4 N–H and O–H groups in total.